The summed E-state index contributed by atoms with van der Waals surface area (Å²) in [5.74, 6) is -4.91. The Labute approximate surface area is 152 Å². The third-order valence-corrected chi connectivity index (χ3v) is 4.31. The lowest BCUT2D eigenvalue weighted by molar-refractivity contribution is -0.144. The van der Waals surface area contributed by atoms with E-state index >= 15 is 0 Å². The molecule has 0 spiro atoms. The molecule has 0 radical (unpaired) electrons. The van der Waals surface area contributed by atoms with Gasteiger partial charge in [-0.1, -0.05) is 11.6 Å². The smallest absolute Gasteiger partial charge is 0.308 e. The van der Waals surface area contributed by atoms with Crippen LogP contribution < -0.4 is 0 Å². The van der Waals surface area contributed by atoms with Gasteiger partial charge in [-0.3, -0.25) is 19.2 Å². The molecule has 1 aromatic carbocycles. The average Bonchev–Trinajstić information content (AvgIpc) is 3.01. The van der Waals surface area contributed by atoms with Gasteiger partial charge in [-0.15, -0.1) is 0 Å². The SMILES string of the molecule is CC(=O)OC1=C(N2C(=O)CCC2=O)OC(C)(c2cc(Cl)ccc2F)C1=O. The van der Waals surface area contributed by atoms with Crippen molar-refractivity contribution in [2.45, 2.75) is 32.3 Å². The van der Waals surface area contributed by atoms with Gasteiger partial charge < -0.3 is 9.47 Å². The molecule has 0 saturated carbocycles. The van der Waals surface area contributed by atoms with E-state index in [-0.39, 0.29) is 23.4 Å². The van der Waals surface area contributed by atoms with Crippen LogP contribution >= 0.6 is 11.6 Å². The molecule has 0 bridgehead atoms. The second-order valence-electron chi connectivity index (χ2n) is 5.94. The lowest BCUT2D eigenvalue weighted by Gasteiger charge is -2.25. The topological polar surface area (TPSA) is 90.0 Å². The second-order valence-corrected chi connectivity index (χ2v) is 6.38. The summed E-state index contributed by atoms with van der Waals surface area (Å²) in [5.41, 5.74) is -2.17. The van der Waals surface area contributed by atoms with Gasteiger partial charge >= 0.3 is 5.97 Å². The number of hydrogen-bond donors (Lipinski definition) is 0. The van der Waals surface area contributed by atoms with Gasteiger partial charge in [-0.05, 0) is 25.1 Å². The Balaban J connectivity index is 2.13. The molecule has 2 amide bonds. The van der Waals surface area contributed by atoms with Gasteiger partial charge in [-0.2, -0.15) is 0 Å². The zero-order valence-electron chi connectivity index (χ0n) is 13.8. The maximum atomic E-state index is 14.3. The van der Waals surface area contributed by atoms with Gasteiger partial charge in [0.15, 0.2) is 0 Å². The van der Waals surface area contributed by atoms with Crippen molar-refractivity contribution in [3.05, 3.63) is 46.2 Å². The highest BCUT2D eigenvalue weighted by molar-refractivity contribution is 6.30. The Kier molecular flexibility index (Phi) is 4.31. The second kappa shape index (κ2) is 6.21. The zero-order chi connectivity index (χ0) is 19.2. The zero-order valence-corrected chi connectivity index (χ0v) is 14.6. The summed E-state index contributed by atoms with van der Waals surface area (Å²) < 4.78 is 24.8. The quantitative estimate of drug-likeness (QED) is 0.589. The van der Waals surface area contributed by atoms with E-state index in [0.29, 0.717) is 4.90 Å². The Morgan fingerprint density at radius 1 is 1.27 bits per heavy atom. The Morgan fingerprint density at radius 3 is 2.46 bits per heavy atom. The number of benzene rings is 1. The summed E-state index contributed by atoms with van der Waals surface area (Å²) in [4.78, 5) is 49.0. The molecule has 2 aliphatic rings. The Hall–Kier alpha value is -2.74. The Morgan fingerprint density at radius 2 is 1.88 bits per heavy atom. The molecule has 2 aliphatic heterocycles. The van der Waals surface area contributed by atoms with Gasteiger partial charge in [0.05, 0.1) is 0 Å². The number of carbonyl (C=O) groups is 4. The molecule has 0 aliphatic carbocycles. The maximum Gasteiger partial charge on any atom is 0.308 e. The van der Waals surface area contributed by atoms with E-state index in [1.165, 1.54) is 19.1 Å². The number of carbonyl (C=O) groups excluding carboxylic acids is 4. The van der Waals surface area contributed by atoms with Crippen LogP contribution in [0.1, 0.15) is 32.3 Å². The fourth-order valence-corrected chi connectivity index (χ4v) is 3.00. The monoisotopic (exact) mass is 381 g/mol. The molecule has 1 saturated heterocycles. The van der Waals surface area contributed by atoms with Gasteiger partial charge in [0.25, 0.3) is 11.7 Å². The number of halogens is 2. The molecule has 1 fully saturated rings. The molecule has 136 valence electrons. The number of likely N-dealkylation sites (tertiary alicyclic amines) is 1. The van der Waals surface area contributed by atoms with Crippen molar-refractivity contribution in [2.24, 2.45) is 0 Å². The third kappa shape index (κ3) is 2.76. The van der Waals surface area contributed by atoms with E-state index in [1.807, 2.05) is 0 Å². The Bertz CT molecular complexity index is 879. The molecule has 1 unspecified atom stereocenters. The van der Waals surface area contributed by atoms with Crippen LogP contribution in [0.2, 0.25) is 5.02 Å². The van der Waals surface area contributed by atoms with Crippen molar-refractivity contribution in [2.75, 3.05) is 0 Å². The molecular formula is C17H13ClFNO6. The van der Waals surface area contributed by atoms with Crippen molar-refractivity contribution in [3.63, 3.8) is 0 Å². The molecule has 0 aromatic heterocycles. The van der Waals surface area contributed by atoms with Crippen molar-refractivity contribution in [3.8, 4) is 0 Å². The first kappa shape index (κ1) is 18.1. The predicted molar refractivity (Wildman–Crippen MR) is 84.7 cm³/mol. The van der Waals surface area contributed by atoms with E-state index in [2.05, 4.69) is 0 Å². The molecule has 1 atom stereocenters. The number of esters is 1. The first-order chi connectivity index (χ1) is 12.1. The lowest BCUT2D eigenvalue weighted by atomic mass is 9.91. The number of nitrogens with zero attached hydrogens (tertiary/aromatic N) is 1. The molecule has 0 N–H and O–H groups in total. The van der Waals surface area contributed by atoms with Crippen LogP contribution in [0.3, 0.4) is 0 Å². The van der Waals surface area contributed by atoms with Gasteiger partial charge in [0.1, 0.15) is 5.82 Å². The molecule has 9 heteroatoms. The summed E-state index contributed by atoms with van der Waals surface area (Å²) in [5, 5.41) is 0.148. The molecule has 3 rings (SSSR count). The van der Waals surface area contributed by atoms with Gasteiger partial charge in [0.2, 0.25) is 23.2 Å². The number of ether oxygens (including phenoxy) is 2. The average molecular weight is 382 g/mol. The highest BCUT2D eigenvalue weighted by atomic mass is 35.5. The first-order valence-electron chi connectivity index (χ1n) is 7.63. The minimum absolute atomic E-state index is 0.0739. The van der Waals surface area contributed by atoms with Crippen LogP contribution in [0, 0.1) is 5.82 Å². The fraction of sp³-hybridized carbons (Fsp3) is 0.294. The summed E-state index contributed by atoms with van der Waals surface area (Å²) in [6.45, 7) is 2.28. The van der Waals surface area contributed by atoms with Crippen LogP contribution in [0.15, 0.2) is 29.8 Å². The molecule has 7 nitrogen and oxygen atoms in total. The van der Waals surface area contributed by atoms with Crippen molar-refractivity contribution in [1.82, 2.24) is 4.90 Å². The maximum absolute atomic E-state index is 14.3. The highest BCUT2D eigenvalue weighted by Crippen LogP contribution is 2.43. The molecule has 2 heterocycles. The van der Waals surface area contributed by atoms with Crippen LogP contribution in [0.4, 0.5) is 4.39 Å². The predicted octanol–water partition coefficient (Wildman–Crippen LogP) is 2.17. The number of imide groups is 1. The number of rotatable bonds is 3. The minimum Gasteiger partial charge on any atom is -0.456 e. The van der Waals surface area contributed by atoms with Crippen LogP contribution in [0.25, 0.3) is 0 Å². The van der Waals surface area contributed by atoms with E-state index in [4.69, 9.17) is 21.1 Å². The number of amides is 2. The lowest BCUT2D eigenvalue weighted by Crippen LogP contribution is -2.34. The van der Waals surface area contributed by atoms with Crippen LogP contribution in [-0.2, 0) is 34.3 Å². The molecule has 26 heavy (non-hydrogen) atoms. The summed E-state index contributed by atoms with van der Waals surface area (Å²) in [7, 11) is 0. The van der Waals surface area contributed by atoms with Crippen molar-refractivity contribution in [1.29, 1.82) is 0 Å². The number of ketones is 1. The van der Waals surface area contributed by atoms with Gasteiger partial charge in [-0.25, -0.2) is 9.29 Å². The number of hydrogen-bond acceptors (Lipinski definition) is 6. The van der Waals surface area contributed by atoms with E-state index in [9.17, 15) is 23.6 Å². The van der Waals surface area contributed by atoms with E-state index < -0.39 is 46.6 Å². The summed E-state index contributed by atoms with van der Waals surface area (Å²) in [6, 6.07) is 3.53. The van der Waals surface area contributed by atoms with Crippen molar-refractivity contribution >= 4 is 35.2 Å². The molecular weight excluding hydrogens is 369 g/mol. The van der Waals surface area contributed by atoms with Crippen molar-refractivity contribution < 1.29 is 33.0 Å². The van der Waals surface area contributed by atoms with Gasteiger partial charge in [0, 0.05) is 30.4 Å². The fourth-order valence-electron chi connectivity index (χ4n) is 2.82. The number of Topliss-reactive ketones (excluding diaryl/α,β-unsaturated/α-hetero) is 1. The minimum atomic E-state index is -1.96. The standard InChI is InChI=1S/C17H13ClFNO6/c1-8(21)25-14-15(24)17(2,10-7-9(18)3-4-11(10)19)26-16(14)20-12(22)5-6-13(20)23/h3-4,7H,5-6H2,1-2H3. The van der Waals surface area contributed by atoms with Crippen LogP contribution in [0.5, 0.6) is 0 Å². The summed E-state index contributed by atoms with van der Waals surface area (Å²) >= 11 is 5.88. The third-order valence-electron chi connectivity index (χ3n) is 4.08. The molecule has 1 aromatic rings. The van der Waals surface area contributed by atoms with E-state index in [1.54, 1.807) is 0 Å². The van der Waals surface area contributed by atoms with Crippen LogP contribution in [-0.4, -0.2) is 28.5 Å². The first-order valence-corrected chi connectivity index (χ1v) is 8.00. The van der Waals surface area contributed by atoms with E-state index in [0.717, 1.165) is 13.0 Å². The largest absolute Gasteiger partial charge is 0.456 e. The highest BCUT2D eigenvalue weighted by Gasteiger charge is 2.54. The summed E-state index contributed by atoms with van der Waals surface area (Å²) in [6.07, 6.45) is -0.148. The normalized spacial score (nSPS) is 22.9.